The Balaban J connectivity index is 2.56. The van der Waals surface area contributed by atoms with Gasteiger partial charge >= 0.3 is 6.03 Å². The van der Waals surface area contributed by atoms with Crippen molar-refractivity contribution in [2.75, 3.05) is 13.1 Å². The fraction of sp³-hybridized carbons (Fsp3) is 0.286. The quantitative estimate of drug-likeness (QED) is 0.741. The molecule has 6 heteroatoms. The fourth-order valence-corrected chi connectivity index (χ4v) is 1.74. The van der Waals surface area contributed by atoms with Gasteiger partial charge in [-0.05, 0) is 6.07 Å². The van der Waals surface area contributed by atoms with Crippen molar-refractivity contribution in [1.29, 1.82) is 0 Å². The Morgan fingerprint density at radius 3 is 2.70 bits per heavy atom. The first-order valence-corrected chi connectivity index (χ1v) is 6.19. The molecule has 0 saturated heterocycles. The van der Waals surface area contributed by atoms with Crippen LogP contribution in [0.5, 0.6) is 0 Å². The molecule has 0 aromatic heterocycles. The van der Waals surface area contributed by atoms with Crippen molar-refractivity contribution in [2.45, 2.75) is 13.0 Å². The smallest absolute Gasteiger partial charge is 0.318 e. The van der Waals surface area contributed by atoms with Gasteiger partial charge in [0, 0.05) is 31.6 Å². The highest BCUT2D eigenvalue weighted by molar-refractivity contribution is 5.93. The molecule has 5 nitrogen and oxygen atoms in total. The molecule has 20 heavy (non-hydrogen) atoms. The number of nitrogens with two attached hydrogens (primary N) is 1. The molecule has 0 saturated carbocycles. The maximum absolute atomic E-state index is 13.6. The average molecular weight is 279 g/mol. The standard InChI is InChI=1S/C14H18FN3O2/c1-2-8-18(9-7-13(19)17-14(16)20)10-11-5-3-4-6-12(11)15/h2-6H,1,7-10H2,(H3,16,17,19,20). The van der Waals surface area contributed by atoms with Crippen molar-refractivity contribution < 1.29 is 14.0 Å². The highest BCUT2D eigenvalue weighted by Crippen LogP contribution is 2.10. The molecule has 0 aliphatic rings. The van der Waals surface area contributed by atoms with Crippen LogP contribution in [0.4, 0.5) is 9.18 Å². The number of rotatable bonds is 7. The van der Waals surface area contributed by atoms with Crippen LogP contribution in [0, 0.1) is 5.82 Å². The Morgan fingerprint density at radius 2 is 2.10 bits per heavy atom. The lowest BCUT2D eigenvalue weighted by atomic mass is 10.2. The number of hydrogen-bond acceptors (Lipinski definition) is 3. The van der Waals surface area contributed by atoms with Crippen molar-refractivity contribution in [3.05, 3.63) is 48.3 Å². The van der Waals surface area contributed by atoms with Crippen LogP contribution in [0.25, 0.3) is 0 Å². The third-order valence-electron chi connectivity index (χ3n) is 2.66. The Hall–Kier alpha value is -2.21. The van der Waals surface area contributed by atoms with Gasteiger partial charge in [-0.2, -0.15) is 0 Å². The summed E-state index contributed by atoms with van der Waals surface area (Å²) in [4.78, 5) is 23.7. The van der Waals surface area contributed by atoms with Crippen molar-refractivity contribution in [2.24, 2.45) is 5.73 Å². The zero-order valence-electron chi connectivity index (χ0n) is 11.1. The predicted octanol–water partition coefficient (Wildman–Crippen LogP) is 1.40. The monoisotopic (exact) mass is 279 g/mol. The minimum absolute atomic E-state index is 0.102. The van der Waals surface area contributed by atoms with Crippen LogP contribution in [0.2, 0.25) is 0 Å². The number of halogens is 1. The molecular formula is C14H18FN3O2. The van der Waals surface area contributed by atoms with E-state index in [1.807, 2.05) is 10.2 Å². The number of imide groups is 1. The van der Waals surface area contributed by atoms with Gasteiger partial charge in [0.1, 0.15) is 5.82 Å². The van der Waals surface area contributed by atoms with Gasteiger partial charge in [0.15, 0.2) is 0 Å². The molecule has 3 N–H and O–H groups in total. The van der Waals surface area contributed by atoms with E-state index in [9.17, 15) is 14.0 Å². The van der Waals surface area contributed by atoms with E-state index in [-0.39, 0.29) is 12.2 Å². The number of amides is 3. The summed E-state index contributed by atoms with van der Waals surface area (Å²) in [5.41, 5.74) is 5.40. The maximum Gasteiger partial charge on any atom is 0.318 e. The second-order valence-electron chi connectivity index (χ2n) is 4.28. The number of nitrogens with zero attached hydrogens (tertiary/aromatic N) is 1. The van der Waals surface area contributed by atoms with Gasteiger partial charge in [-0.25, -0.2) is 9.18 Å². The molecule has 0 bridgehead atoms. The first-order valence-electron chi connectivity index (χ1n) is 6.19. The van der Waals surface area contributed by atoms with Gasteiger partial charge < -0.3 is 5.73 Å². The number of benzene rings is 1. The van der Waals surface area contributed by atoms with Gasteiger partial charge in [-0.15, -0.1) is 6.58 Å². The Bertz CT molecular complexity index is 491. The summed E-state index contributed by atoms with van der Waals surface area (Å²) in [6.45, 7) is 4.88. The Labute approximate surface area is 117 Å². The lowest BCUT2D eigenvalue weighted by molar-refractivity contribution is -0.120. The number of urea groups is 1. The van der Waals surface area contributed by atoms with Gasteiger partial charge in [0.25, 0.3) is 0 Å². The van der Waals surface area contributed by atoms with E-state index in [4.69, 9.17) is 5.73 Å². The van der Waals surface area contributed by atoms with Crippen molar-refractivity contribution in [3.63, 3.8) is 0 Å². The summed E-state index contributed by atoms with van der Waals surface area (Å²) in [7, 11) is 0. The summed E-state index contributed by atoms with van der Waals surface area (Å²) in [6, 6.07) is 5.58. The number of carbonyl (C=O) groups excluding carboxylic acids is 2. The summed E-state index contributed by atoms with van der Waals surface area (Å²) < 4.78 is 13.6. The summed E-state index contributed by atoms with van der Waals surface area (Å²) in [5.74, 6) is -0.747. The average Bonchev–Trinajstić information content (AvgIpc) is 2.38. The molecule has 108 valence electrons. The molecule has 0 spiro atoms. The first-order chi connectivity index (χ1) is 9.52. The number of nitrogens with one attached hydrogen (secondary N) is 1. The number of carbonyl (C=O) groups is 2. The third kappa shape index (κ3) is 5.62. The molecule has 0 atom stereocenters. The molecule has 3 amide bonds. The molecule has 1 aromatic rings. The van der Waals surface area contributed by atoms with Crippen molar-refractivity contribution >= 4 is 11.9 Å². The molecule has 0 radical (unpaired) electrons. The Kier molecular flexibility index (Phi) is 6.39. The highest BCUT2D eigenvalue weighted by atomic mass is 19.1. The van der Waals surface area contributed by atoms with Crippen LogP contribution in [0.15, 0.2) is 36.9 Å². The first kappa shape index (κ1) is 15.8. The molecule has 0 aliphatic heterocycles. The largest absolute Gasteiger partial charge is 0.351 e. The van der Waals surface area contributed by atoms with E-state index in [0.29, 0.717) is 25.2 Å². The molecule has 0 aliphatic carbocycles. The number of hydrogen-bond donors (Lipinski definition) is 2. The zero-order valence-corrected chi connectivity index (χ0v) is 11.1. The zero-order chi connectivity index (χ0) is 15.0. The SMILES string of the molecule is C=CCN(CCC(=O)NC(N)=O)Cc1ccccc1F. The maximum atomic E-state index is 13.6. The lowest BCUT2D eigenvalue weighted by Crippen LogP contribution is -2.37. The summed E-state index contributed by atoms with van der Waals surface area (Å²) >= 11 is 0. The van der Waals surface area contributed by atoms with E-state index in [1.54, 1.807) is 24.3 Å². The van der Waals surface area contributed by atoms with Gasteiger partial charge in [-0.3, -0.25) is 15.0 Å². The minimum Gasteiger partial charge on any atom is -0.351 e. The van der Waals surface area contributed by atoms with E-state index in [1.165, 1.54) is 6.07 Å². The van der Waals surface area contributed by atoms with Crippen molar-refractivity contribution in [3.8, 4) is 0 Å². The summed E-state index contributed by atoms with van der Waals surface area (Å²) in [6.07, 6.45) is 1.78. The molecule has 1 rings (SSSR count). The lowest BCUT2D eigenvalue weighted by Gasteiger charge is -2.20. The molecule has 0 unspecified atom stereocenters. The van der Waals surface area contributed by atoms with Gasteiger partial charge in [0.2, 0.25) is 5.91 Å². The molecule has 0 heterocycles. The summed E-state index contributed by atoms with van der Waals surface area (Å²) in [5, 5.41) is 1.99. The number of primary amides is 1. The van der Waals surface area contributed by atoms with Crippen molar-refractivity contribution in [1.82, 2.24) is 10.2 Å². The highest BCUT2D eigenvalue weighted by Gasteiger charge is 2.11. The van der Waals surface area contributed by atoms with E-state index in [0.717, 1.165) is 0 Å². The predicted molar refractivity (Wildman–Crippen MR) is 74.2 cm³/mol. The van der Waals surface area contributed by atoms with Crippen LogP contribution in [0.1, 0.15) is 12.0 Å². The van der Waals surface area contributed by atoms with Crippen LogP contribution in [-0.4, -0.2) is 29.9 Å². The van der Waals surface area contributed by atoms with E-state index >= 15 is 0 Å². The topological polar surface area (TPSA) is 75.4 Å². The van der Waals surface area contributed by atoms with Crippen LogP contribution >= 0.6 is 0 Å². The fourth-order valence-electron chi connectivity index (χ4n) is 1.74. The molecule has 0 fully saturated rings. The van der Waals surface area contributed by atoms with Gasteiger partial charge in [-0.1, -0.05) is 24.3 Å². The molecular weight excluding hydrogens is 261 g/mol. The normalized spacial score (nSPS) is 10.3. The second kappa shape index (κ2) is 8.06. The van der Waals surface area contributed by atoms with Crippen LogP contribution < -0.4 is 11.1 Å². The van der Waals surface area contributed by atoms with E-state index in [2.05, 4.69) is 6.58 Å². The minimum atomic E-state index is -0.876. The molecule has 1 aromatic carbocycles. The third-order valence-corrected chi connectivity index (χ3v) is 2.66. The Morgan fingerprint density at radius 1 is 1.40 bits per heavy atom. The van der Waals surface area contributed by atoms with Crippen LogP contribution in [-0.2, 0) is 11.3 Å². The second-order valence-corrected chi connectivity index (χ2v) is 4.28. The van der Waals surface area contributed by atoms with Crippen LogP contribution in [0.3, 0.4) is 0 Å². The van der Waals surface area contributed by atoms with Gasteiger partial charge in [0.05, 0.1) is 0 Å². The van der Waals surface area contributed by atoms with E-state index < -0.39 is 11.9 Å².